The average molecular weight is 256 g/mol. The molecule has 0 saturated carbocycles. The van der Waals surface area contributed by atoms with Crippen LogP contribution in [0.15, 0.2) is 10.9 Å². The number of amides is 1. The van der Waals surface area contributed by atoms with E-state index in [-0.39, 0.29) is 16.8 Å². The lowest BCUT2D eigenvalue weighted by Crippen LogP contribution is -2.41. The van der Waals surface area contributed by atoms with E-state index in [1.54, 1.807) is 0 Å². The molecule has 1 atom stereocenters. The minimum absolute atomic E-state index is 0.0795. The van der Waals surface area contributed by atoms with E-state index in [1.807, 2.05) is 13.8 Å². The van der Waals surface area contributed by atoms with Crippen LogP contribution in [0.1, 0.15) is 19.7 Å². The fourth-order valence-corrected chi connectivity index (χ4v) is 1.85. The van der Waals surface area contributed by atoms with Crippen molar-refractivity contribution in [3.05, 3.63) is 12.2 Å². The quantitative estimate of drug-likeness (QED) is 0.710. The first kappa shape index (κ1) is 13.6. The number of thiocarbonyl (C=S) groups is 1. The minimum Gasteiger partial charge on any atom is -0.393 e. The van der Waals surface area contributed by atoms with Crippen molar-refractivity contribution in [2.45, 2.75) is 20.3 Å². The van der Waals surface area contributed by atoms with E-state index in [2.05, 4.69) is 15.5 Å². The molecule has 0 aliphatic heterocycles. The van der Waals surface area contributed by atoms with Gasteiger partial charge in [0.2, 0.25) is 11.8 Å². The van der Waals surface area contributed by atoms with Crippen molar-refractivity contribution in [2.24, 2.45) is 17.6 Å². The number of hydrogen-bond donors (Lipinski definition) is 2. The highest BCUT2D eigenvalue weighted by Crippen LogP contribution is 2.11. The van der Waals surface area contributed by atoms with Gasteiger partial charge in [0.15, 0.2) is 6.33 Å². The minimum atomic E-state index is -0.437. The van der Waals surface area contributed by atoms with Crippen molar-refractivity contribution in [3.8, 4) is 0 Å². The highest BCUT2D eigenvalue weighted by molar-refractivity contribution is 7.80. The molecule has 0 spiro atoms. The fraction of sp³-hybridized carbons (Fsp3) is 0.600. The van der Waals surface area contributed by atoms with Gasteiger partial charge in [0.25, 0.3) is 0 Å². The molecule has 1 aromatic rings. The van der Waals surface area contributed by atoms with E-state index in [9.17, 15) is 4.79 Å². The van der Waals surface area contributed by atoms with Crippen LogP contribution in [0.4, 0.5) is 0 Å². The van der Waals surface area contributed by atoms with E-state index < -0.39 is 5.92 Å². The first-order valence-corrected chi connectivity index (χ1v) is 5.75. The zero-order valence-electron chi connectivity index (χ0n) is 9.84. The summed E-state index contributed by atoms with van der Waals surface area (Å²) in [5.41, 5.74) is 5.53. The van der Waals surface area contributed by atoms with Gasteiger partial charge in [-0.2, -0.15) is 4.98 Å². The molecule has 17 heavy (non-hydrogen) atoms. The molecule has 1 heterocycles. The van der Waals surface area contributed by atoms with Crippen LogP contribution in [-0.2, 0) is 11.2 Å². The molecule has 1 rings (SSSR count). The Labute approximate surface area is 105 Å². The topological polar surface area (TPSA) is 94.0 Å². The van der Waals surface area contributed by atoms with E-state index in [4.69, 9.17) is 22.5 Å². The van der Waals surface area contributed by atoms with Crippen LogP contribution in [0.25, 0.3) is 0 Å². The summed E-state index contributed by atoms with van der Waals surface area (Å²) in [5, 5.41) is 6.22. The zero-order valence-corrected chi connectivity index (χ0v) is 10.7. The maximum atomic E-state index is 11.8. The highest BCUT2D eigenvalue weighted by Gasteiger charge is 2.24. The second-order valence-corrected chi connectivity index (χ2v) is 4.47. The van der Waals surface area contributed by atoms with Crippen molar-refractivity contribution in [2.75, 3.05) is 6.54 Å². The molecule has 0 aliphatic rings. The predicted octanol–water partition coefficient (Wildman–Crippen LogP) is 0.287. The normalized spacial score (nSPS) is 12.4. The van der Waals surface area contributed by atoms with Gasteiger partial charge >= 0.3 is 0 Å². The number of nitrogens with one attached hydrogen (secondary N) is 1. The van der Waals surface area contributed by atoms with E-state index in [0.29, 0.717) is 18.9 Å². The molecule has 0 aliphatic carbocycles. The van der Waals surface area contributed by atoms with Gasteiger partial charge in [-0.25, -0.2) is 0 Å². The summed E-state index contributed by atoms with van der Waals surface area (Å²) in [5.74, 6) is -0.0303. The molecule has 0 saturated heterocycles. The van der Waals surface area contributed by atoms with Crippen LogP contribution in [0.3, 0.4) is 0 Å². The smallest absolute Gasteiger partial charge is 0.230 e. The summed E-state index contributed by atoms with van der Waals surface area (Å²) < 4.78 is 4.81. The van der Waals surface area contributed by atoms with Gasteiger partial charge in [0, 0.05) is 13.0 Å². The van der Waals surface area contributed by atoms with E-state index >= 15 is 0 Å². The van der Waals surface area contributed by atoms with Crippen molar-refractivity contribution in [3.63, 3.8) is 0 Å². The number of nitrogens with zero attached hydrogens (tertiary/aromatic N) is 2. The van der Waals surface area contributed by atoms with Gasteiger partial charge < -0.3 is 15.6 Å². The average Bonchev–Trinajstić information content (AvgIpc) is 2.69. The maximum Gasteiger partial charge on any atom is 0.230 e. The number of carbonyl (C=O) groups is 1. The van der Waals surface area contributed by atoms with Crippen molar-refractivity contribution < 1.29 is 9.32 Å². The lowest BCUT2D eigenvalue weighted by atomic mass is 9.95. The predicted molar refractivity (Wildman–Crippen MR) is 66.1 cm³/mol. The van der Waals surface area contributed by atoms with E-state index in [0.717, 1.165) is 0 Å². The molecule has 0 aromatic carbocycles. The SMILES string of the molecule is CC(C)C(C(=O)NCCc1ncno1)C(N)=S. The first-order valence-electron chi connectivity index (χ1n) is 5.35. The molecular formula is C10H16N4O2S. The standard InChI is InChI=1S/C10H16N4O2S/c1-6(2)8(9(11)17)10(15)12-4-3-7-13-5-14-16-7/h5-6,8H,3-4H2,1-2H3,(H2,11,17)(H,12,15). The van der Waals surface area contributed by atoms with Crippen LogP contribution < -0.4 is 11.1 Å². The number of rotatable bonds is 6. The molecule has 3 N–H and O–H groups in total. The third kappa shape index (κ3) is 4.10. The van der Waals surface area contributed by atoms with Crippen LogP contribution in [0, 0.1) is 11.8 Å². The number of aromatic nitrogens is 2. The Morgan fingerprint density at radius 2 is 2.35 bits per heavy atom. The van der Waals surface area contributed by atoms with Crippen molar-refractivity contribution >= 4 is 23.1 Å². The summed E-state index contributed by atoms with van der Waals surface area (Å²) in [6, 6.07) is 0. The Kier molecular flexibility index (Phi) is 5.02. The third-order valence-corrected chi connectivity index (χ3v) is 2.55. The molecule has 7 heteroatoms. The third-order valence-electron chi connectivity index (χ3n) is 2.30. The Balaban J connectivity index is 2.40. The zero-order chi connectivity index (χ0) is 12.8. The molecule has 0 radical (unpaired) electrons. The largest absolute Gasteiger partial charge is 0.393 e. The van der Waals surface area contributed by atoms with Gasteiger partial charge in [-0.1, -0.05) is 31.2 Å². The molecule has 0 fully saturated rings. The number of nitrogens with two attached hydrogens (primary N) is 1. The Morgan fingerprint density at radius 3 is 2.82 bits per heavy atom. The Bertz CT molecular complexity index is 378. The van der Waals surface area contributed by atoms with E-state index in [1.165, 1.54) is 6.33 Å². The van der Waals surface area contributed by atoms with Crippen LogP contribution in [0.5, 0.6) is 0 Å². The van der Waals surface area contributed by atoms with Crippen molar-refractivity contribution in [1.82, 2.24) is 15.5 Å². The summed E-state index contributed by atoms with van der Waals surface area (Å²) in [7, 11) is 0. The van der Waals surface area contributed by atoms with Crippen LogP contribution >= 0.6 is 12.2 Å². The molecule has 1 aromatic heterocycles. The summed E-state index contributed by atoms with van der Waals surface area (Å²) in [6.07, 6.45) is 1.82. The van der Waals surface area contributed by atoms with Gasteiger partial charge in [0.1, 0.15) is 0 Å². The second kappa shape index (κ2) is 6.29. The molecule has 1 unspecified atom stereocenters. The van der Waals surface area contributed by atoms with Gasteiger partial charge in [0.05, 0.1) is 10.9 Å². The Hall–Kier alpha value is -1.50. The molecular weight excluding hydrogens is 240 g/mol. The monoisotopic (exact) mass is 256 g/mol. The molecule has 6 nitrogen and oxygen atoms in total. The summed E-state index contributed by atoms with van der Waals surface area (Å²) in [4.78, 5) is 15.9. The van der Waals surface area contributed by atoms with Crippen molar-refractivity contribution in [1.29, 1.82) is 0 Å². The highest BCUT2D eigenvalue weighted by atomic mass is 32.1. The maximum absolute atomic E-state index is 11.8. The first-order chi connectivity index (χ1) is 8.02. The molecule has 0 bridgehead atoms. The van der Waals surface area contributed by atoms with Gasteiger partial charge in [-0.3, -0.25) is 4.79 Å². The molecule has 1 amide bonds. The number of hydrogen-bond acceptors (Lipinski definition) is 5. The van der Waals surface area contributed by atoms with Crippen LogP contribution in [0.2, 0.25) is 0 Å². The molecule has 94 valence electrons. The summed E-state index contributed by atoms with van der Waals surface area (Å²) >= 11 is 4.88. The lowest BCUT2D eigenvalue weighted by Gasteiger charge is -2.18. The van der Waals surface area contributed by atoms with Gasteiger partial charge in [-0.15, -0.1) is 0 Å². The fourth-order valence-electron chi connectivity index (χ4n) is 1.47. The second-order valence-electron chi connectivity index (χ2n) is 4.00. The Morgan fingerprint density at radius 1 is 1.65 bits per heavy atom. The van der Waals surface area contributed by atoms with Crippen LogP contribution in [-0.4, -0.2) is 27.6 Å². The van der Waals surface area contributed by atoms with Gasteiger partial charge in [-0.05, 0) is 5.92 Å². The lowest BCUT2D eigenvalue weighted by molar-refractivity contribution is -0.123. The number of carbonyl (C=O) groups excluding carboxylic acids is 1. The summed E-state index contributed by atoms with van der Waals surface area (Å²) in [6.45, 7) is 4.23.